The molecule has 0 aromatic heterocycles. The van der Waals surface area contributed by atoms with Crippen LogP contribution in [0, 0.1) is 0 Å². The Hall–Kier alpha value is -1.59. The second-order valence-electron chi connectivity index (χ2n) is 5.38. The number of halogens is 2. The summed E-state index contributed by atoms with van der Waals surface area (Å²) in [7, 11) is 1.57. The number of carbonyl (C=O) groups excluding carboxylic acids is 1. The van der Waals surface area contributed by atoms with Gasteiger partial charge in [-0.1, -0.05) is 65.7 Å². The molecular formula is C19H21Cl2NO3. The summed E-state index contributed by atoms with van der Waals surface area (Å²) in [5.74, 6) is 0.0157. The molecule has 2 aromatic rings. The van der Waals surface area contributed by atoms with Crippen molar-refractivity contribution in [3.8, 4) is 0 Å². The summed E-state index contributed by atoms with van der Waals surface area (Å²) in [6.07, 6.45) is -0.505. The highest BCUT2D eigenvalue weighted by molar-refractivity contribution is 6.41. The maximum absolute atomic E-state index is 12.3. The molecule has 3 rings (SSSR count). The third kappa shape index (κ3) is 6.01. The van der Waals surface area contributed by atoms with Gasteiger partial charge >= 0.3 is 0 Å². The average molecular weight is 382 g/mol. The van der Waals surface area contributed by atoms with Crippen LogP contribution in [-0.4, -0.2) is 44.2 Å². The van der Waals surface area contributed by atoms with Gasteiger partial charge < -0.3 is 14.4 Å². The van der Waals surface area contributed by atoms with Gasteiger partial charge in [0.1, 0.15) is 0 Å². The standard InChI is InChI=1S/C13H17NO3.C6H4Cl2/c1-16-12(11-5-3-2-4-6-11)13(15)14-7-9-17-10-8-14;7-5-3-1-2-4-6(5)8/h2-6,12H,7-10H2,1H3;1-4H. The van der Waals surface area contributed by atoms with Gasteiger partial charge in [-0.3, -0.25) is 4.79 Å². The molecule has 0 aliphatic carbocycles. The average Bonchev–Trinajstić information content (AvgIpc) is 2.67. The molecule has 1 heterocycles. The van der Waals surface area contributed by atoms with Crippen LogP contribution in [0.3, 0.4) is 0 Å². The fourth-order valence-corrected chi connectivity index (χ4v) is 2.67. The number of carbonyl (C=O) groups is 1. The number of nitrogens with zero attached hydrogens (tertiary/aromatic N) is 1. The Morgan fingerprint density at radius 1 is 1.00 bits per heavy atom. The number of morpholine rings is 1. The highest BCUT2D eigenvalue weighted by atomic mass is 35.5. The molecule has 4 nitrogen and oxygen atoms in total. The molecule has 0 N–H and O–H groups in total. The monoisotopic (exact) mass is 381 g/mol. The Morgan fingerprint density at radius 3 is 2.00 bits per heavy atom. The molecule has 1 saturated heterocycles. The molecule has 1 unspecified atom stereocenters. The van der Waals surface area contributed by atoms with Gasteiger partial charge in [-0.2, -0.15) is 0 Å². The lowest BCUT2D eigenvalue weighted by Gasteiger charge is -2.30. The first-order valence-corrected chi connectivity index (χ1v) is 8.73. The lowest BCUT2D eigenvalue weighted by atomic mass is 10.1. The van der Waals surface area contributed by atoms with Gasteiger partial charge in [0.2, 0.25) is 0 Å². The van der Waals surface area contributed by atoms with Crippen molar-refractivity contribution in [3.05, 3.63) is 70.2 Å². The largest absolute Gasteiger partial charge is 0.378 e. The molecule has 2 aromatic carbocycles. The number of ether oxygens (including phenoxy) is 2. The lowest BCUT2D eigenvalue weighted by molar-refractivity contribution is -0.146. The molecule has 1 aliphatic rings. The van der Waals surface area contributed by atoms with E-state index >= 15 is 0 Å². The zero-order valence-corrected chi connectivity index (χ0v) is 15.5. The summed E-state index contributed by atoms with van der Waals surface area (Å²) >= 11 is 11.2. The minimum atomic E-state index is -0.505. The number of rotatable bonds is 3. The van der Waals surface area contributed by atoms with E-state index in [-0.39, 0.29) is 5.91 Å². The van der Waals surface area contributed by atoms with E-state index in [0.717, 1.165) is 5.56 Å². The van der Waals surface area contributed by atoms with Crippen LogP contribution < -0.4 is 0 Å². The van der Waals surface area contributed by atoms with Crippen LogP contribution in [0.25, 0.3) is 0 Å². The fourth-order valence-electron chi connectivity index (χ4n) is 2.40. The van der Waals surface area contributed by atoms with Gasteiger partial charge in [-0.15, -0.1) is 0 Å². The number of methoxy groups -OCH3 is 1. The van der Waals surface area contributed by atoms with Crippen LogP contribution >= 0.6 is 23.2 Å². The van der Waals surface area contributed by atoms with Crippen LogP contribution in [-0.2, 0) is 14.3 Å². The minimum absolute atomic E-state index is 0.0157. The summed E-state index contributed by atoms with van der Waals surface area (Å²) in [5.41, 5.74) is 0.895. The van der Waals surface area contributed by atoms with Crippen LogP contribution in [0.15, 0.2) is 54.6 Å². The molecule has 1 fully saturated rings. The van der Waals surface area contributed by atoms with Crippen molar-refractivity contribution in [1.29, 1.82) is 0 Å². The maximum atomic E-state index is 12.3. The van der Waals surface area contributed by atoms with Crippen molar-refractivity contribution in [2.45, 2.75) is 6.10 Å². The van der Waals surface area contributed by atoms with Crippen LogP contribution in [0.5, 0.6) is 0 Å². The van der Waals surface area contributed by atoms with Crippen molar-refractivity contribution in [3.63, 3.8) is 0 Å². The highest BCUT2D eigenvalue weighted by Gasteiger charge is 2.26. The Balaban J connectivity index is 0.000000236. The Labute approximate surface area is 158 Å². The normalized spacial score (nSPS) is 15.1. The van der Waals surface area contributed by atoms with E-state index in [1.165, 1.54) is 0 Å². The van der Waals surface area contributed by atoms with Gasteiger partial charge in [0.15, 0.2) is 6.10 Å². The fraction of sp³-hybridized carbons (Fsp3) is 0.316. The minimum Gasteiger partial charge on any atom is -0.378 e. The Bertz CT molecular complexity index is 640. The van der Waals surface area contributed by atoms with E-state index in [0.29, 0.717) is 36.3 Å². The van der Waals surface area contributed by atoms with Gasteiger partial charge in [0, 0.05) is 20.2 Å². The van der Waals surface area contributed by atoms with Gasteiger partial charge in [-0.05, 0) is 17.7 Å². The molecule has 0 spiro atoms. The number of benzene rings is 2. The molecule has 0 saturated carbocycles. The molecular weight excluding hydrogens is 361 g/mol. The predicted octanol–water partition coefficient (Wildman–Crippen LogP) is 4.23. The third-order valence-electron chi connectivity index (χ3n) is 3.71. The summed E-state index contributed by atoms with van der Waals surface area (Å²) in [5, 5.41) is 1.21. The lowest BCUT2D eigenvalue weighted by Crippen LogP contribution is -2.43. The summed E-state index contributed by atoms with van der Waals surface area (Å²) in [6, 6.07) is 16.8. The van der Waals surface area contributed by atoms with E-state index in [4.69, 9.17) is 32.7 Å². The first-order valence-electron chi connectivity index (χ1n) is 7.97. The van der Waals surface area contributed by atoms with Gasteiger partial charge in [0.05, 0.1) is 23.3 Å². The van der Waals surface area contributed by atoms with Crippen molar-refractivity contribution in [2.24, 2.45) is 0 Å². The molecule has 0 bridgehead atoms. The number of amides is 1. The SMILES string of the molecule is COC(C(=O)N1CCOCC1)c1ccccc1.Clc1ccccc1Cl. The maximum Gasteiger partial charge on any atom is 0.256 e. The topological polar surface area (TPSA) is 38.8 Å². The smallest absolute Gasteiger partial charge is 0.256 e. The quantitative estimate of drug-likeness (QED) is 0.798. The van der Waals surface area contributed by atoms with Crippen molar-refractivity contribution < 1.29 is 14.3 Å². The summed E-state index contributed by atoms with van der Waals surface area (Å²) in [4.78, 5) is 14.1. The Morgan fingerprint density at radius 2 is 1.52 bits per heavy atom. The molecule has 1 amide bonds. The zero-order valence-electron chi connectivity index (χ0n) is 14.0. The van der Waals surface area contributed by atoms with E-state index < -0.39 is 6.10 Å². The van der Waals surface area contributed by atoms with Crippen LogP contribution in [0.4, 0.5) is 0 Å². The molecule has 1 atom stereocenters. The second kappa shape index (κ2) is 10.4. The van der Waals surface area contributed by atoms with Crippen molar-refractivity contribution in [2.75, 3.05) is 33.4 Å². The Kier molecular flexibility index (Phi) is 8.22. The summed E-state index contributed by atoms with van der Waals surface area (Å²) in [6.45, 7) is 2.50. The third-order valence-corrected chi connectivity index (χ3v) is 4.47. The highest BCUT2D eigenvalue weighted by Crippen LogP contribution is 2.20. The van der Waals surface area contributed by atoms with Crippen LogP contribution in [0.1, 0.15) is 11.7 Å². The molecule has 0 radical (unpaired) electrons. The van der Waals surface area contributed by atoms with Crippen molar-refractivity contribution in [1.82, 2.24) is 4.90 Å². The first kappa shape index (κ1) is 19.7. The van der Waals surface area contributed by atoms with E-state index in [2.05, 4.69) is 0 Å². The van der Waals surface area contributed by atoms with E-state index in [1.807, 2.05) is 42.5 Å². The number of hydrogen-bond acceptors (Lipinski definition) is 3. The van der Waals surface area contributed by atoms with E-state index in [9.17, 15) is 4.79 Å². The van der Waals surface area contributed by atoms with Gasteiger partial charge in [-0.25, -0.2) is 0 Å². The predicted molar refractivity (Wildman–Crippen MR) is 100 cm³/mol. The molecule has 6 heteroatoms. The number of hydrogen-bond donors (Lipinski definition) is 0. The van der Waals surface area contributed by atoms with E-state index in [1.54, 1.807) is 24.1 Å². The van der Waals surface area contributed by atoms with Gasteiger partial charge in [0.25, 0.3) is 5.91 Å². The zero-order chi connectivity index (χ0) is 18.1. The molecule has 1 aliphatic heterocycles. The van der Waals surface area contributed by atoms with Crippen LogP contribution in [0.2, 0.25) is 10.0 Å². The molecule has 25 heavy (non-hydrogen) atoms. The second-order valence-corrected chi connectivity index (χ2v) is 6.19. The summed E-state index contributed by atoms with van der Waals surface area (Å²) < 4.78 is 10.6. The van der Waals surface area contributed by atoms with Crippen molar-refractivity contribution >= 4 is 29.1 Å². The first-order chi connectivity index (χ1) is 12.1. The molecule has 134 valence electrons.